The van der Waals surface area contributed by atoms with E-state index in [0.29, 0.717) is 55.5 Å². The van der Waals surface area contributed by atoms with Crippen LogP contribution in [0, 0.1) is 11.8 Å². The largest absolute Gasteiger partial charge is 0.493 e. The molecule has 2 aliphatic heterocycles. The van der Waals surface area contributed by atoms with Gasteiger partial charge in [-0.2, -0.15) is 0 Å². The lowest BCUT2D eigenvalue weighted by Crippen LogP contribution is -2.34. The van der Waals surface area contributed by atoms with Crippen molar-refractivity contribution in [3.63, 3.8) is 0 Å². The maximum atomic E-state index is 12.6. The summed E-state index contributed by atoms with van der Waals surface area (Å²) in [5, 5.41) is 0. The molecule has 4 rings (SSSR count). The number of hydrogen-bond acceptors (Lipinski definition) is 8. The first-order valence-corrected chi connectivity index (χ1v) is 11.7. The van der Waals surface area contributed by atoms with Gasteiger partial charge in [0.25, 0.3) is 0 Å². The summed E-state index contributed by atoms with van der Waals surface area (Å²) in [6.07, 6.45) is 1.47. The van der Waals surface area contributed by atoms with Gasteiger partial charge < -0.3 is 34.3 Å². The maximum Gasteiger partial charge on any atom is 0.415 e. The first-order chi connectivity index (χ1) is 16.9. The molecule has 0 aromatic heterocycles. The van der Waals surface area contributed by atoms with E-state index in [4.69, 9.17) is 29.4 Å². The van der Waals surface area contributed by atoms with Crippen LogP contribution in [-0.4, -0.2) is 64.0 Å². The van der Waals surface area contributed by atoms with Gasteiger partial charge in [-0.05, 0) is 54.7 Å². The van der Waals surface area contributed by atoms with Crippen LogP contribution in [0.4, 0.5) is 4.79 Å². The van der Waals surface area contributed by atoms with E-state index in [-0.39, 0.29) is 23.8 Å². The second-order valence-corrected chi connectivity index (χ2v) is 8.94. The Bertz CT molecular complexity index is 1070. The van der Waals surface area contributed by atoms with Gasteiger partial charge in [0.05, 0.1) is 33.9 Å². The van der Waals surface area contributed by atoms with Crippen molar-refractivity contribution in [2.45, 2.75) is 25.3 Å². The van der Waals surface area contributed by atoms with Crippen LogP contribution in [0.2, 0.25) is 0 Å². The highest BCUT2D eigenvalue weighted by Crippen LogP contribution is 2.35. The van der Waals surface area contributed by atoms with Crippen LogP contribution in [0.3, 0.4) is 0 Å². The number of nitrogens with two attached hydrogens (primary N) is 1. The molecule has 2 N–H and O–H groups in total. The van der Waals surface area contributed by atoms with Crippen LogP contribution in [0.25, 0.3) is 0 Å². The summed E-state index contributed by atoms with van der Waals surface area (Å²) in [6.45, 7) is 1.42. The predicted molar refractivity (Wildman–Crippen MR) is 128 cm³/mol. The zero-order chi connectivity index (χ0) is 24.9. The van der Waals surface area contributed by atoms with Crippen LogP contribution >= 0.6 is 0 Å². The summed E-state index contributed by atoms with van der Waals surface area (Å²) in [5.74, 6) is 1.58. The van der Waals surface area contributed by atoms with Crippen LogP contribution < -0.4 is 24.7 Å². The molecule has 9 nitrogen and oxygen atoms in total. The lowest BCUT2D eigenvalue weighted by atomic mass is 9.85. The van der Waals surface area contributed by atoms with E-state index in [9.17, 15) is 9.59 Å². The molecule has 2 aliphatic rings. The number of ether oxygens (including phenoxy) is 5. The Kier molecular flexibility index (Phi) is 7.65. The summed E-state index contributed by atoms with van der Waals surface area (Å²) in [7, 11) is 4.71. The molecule has 0 bridgehead atoms. The molecule has 2 heterocycles. The molecule has 2 saturated heterocycles. The minimum absolute atomic E-state index is 0.0171. The second kappa shape index (κ2) is 10.9. The van der Waals surface area contributed by atoms with Crippen LogP contribution in [0.15, 0.2) is 36.4 Å². The van der Waals surface area contributed by atoms with Gasteiger partial charge in [-0.25, -0.2) is 4.79 Å². The van der Waals surface area contributed by atoms with Crippen molar-refractivity contribution >= 4 is 12.1 Å². The van der Waals surface area contributed by atoms with Gasteiger partial charge in [0.2, 0.25) is 0 Å². The highest BCUT2D eigenvalue weighted by atomic mass is 16.6. The monoisotopic (exact) mass is 484 g/mol. The van der Waals surface area contributed by atoms with Gasteiger partial charge >= 0.3 is 12.1 Å². The molecule has 2 aromatic rings. The number of carbonyl (C=O) groups is 2. The van der Waals surface area contributed by atoms with E-state index in [2.05, 4.69) is 0 Å². The van der Waals surface area contributed by atoms with Crippen molar-refractivity contribution in [2.24, 2.45) is 17.6 Å². The summed E-state index contributed by atoms with van der Waals surface area (Å²) in [4.78, 5) is 26.6. The molecule has 2 aromatic carbocycles. The third-order valence-electron chi connectivity index (χ3n) is 6.62. The molecule has 0 aliphatic carbocycles. The van der Waals surface area contributed by atoms with E-state index in [1.165, 1.54) is 7.11 Å². The highest BCUT2D eigenvalue weighted by Gasteiger charge is 2.37. The number of nitrogens with zero attached hydrogens (tertiary/aromatic N) is 1. The molecule has 9 heteroatoms. The molecule has 188 valence electrons. The fraction of sp³-hybridized carbons (Fsp3) is 0.462. The Morgan fingerprint density at radius 2 is 1.60 bits per heavy atom. The normalized spacial score (nSPS) is 21.5. The van der Waals surface area contributed by atoms with Gasteiger partial charge in [-0.3, -0.25) is 4.79 Å². The third kappa shape index (κ3) is 5.62. The number of benzene rings is 2. The average Bonchev–Trinajstić information content (AvgIpc) is 3.45. The first kappa shape index (κ1) is 24.7. The Morgan fingerprint density at radius 1 is 0.971 bits per heavy atom. The summed E-state index contributed by atoms with van der Waals surface area (Å²) in [6, 6.07) is 11.1. The molecule has 1 amide bonds. The number of cyclic esters (lactones) is 1. The maximum absolute atomic E-state index is 12.6. The number of carbonyl (C=O) groups excluding carboxylic acids is 2. The molecule has 3 atom stereocenters. The van der Waals surface area contributed by atoms with Crippen molar-refractivity contribution in [2.75, 3.05) is 41.0 Å². The zero-order valence-corrected chi connectivity index (χ0v) is 20.3. The minimum atomic E-state index is -0.446. The molecule has 35 heavy (non-hydrogen) atoms. The standard InChI is InChI=1S/C26H32N2O7/c1-31-21-6-4-16(12-23(21)32-2)10-18-15-34-25(29)20(18)11-17-5-7-22(24(13-17)33-3)35-26(30)28-9-8-19(27)14-28/h4-7,12-13,18-20H,8-11,14-15,27H2,1-3H3/t18-,19?,20+/m0/s1. The Hall–Kier alpha value is -3.46. The Balaban J connectivity index is 1.45. The lowest BCUT2D eigenvalue weighted by Gasteiger charge is -2.19. The van der Waals surface area contributed by atoms with E-state index < -0.39 is 6.09 Å². The molecular weight excluding hydrogens is 452 g/mol. The van der Waals surface area contributed by atoms with E-state index in [1.54, 1.807) is 31.3 Å². The van der Waals surface area contributed by atoms with Gasteiger partial charge in [-0.1, -0.05) is 12.1 Å². The lowest BCUT2D eigenvalue weighted by molar-refractivity contribution is -0.141. The van der Waals surface area contributed by atoms with E-state index in [1.807, 2.05) is 24.3 Å². The fourth-order valence-corrected chi connectivity index (χ4v) is 4.66. The first-order valence-electron chi connectivity index (χ1n) is 11.7. The van der Waals surface area contributed by atoms with E-state index >= 15 is 0 Å². The summed E-state index contributed by atoms with van der Waals surface area (Å²) < 4.78 is 27.1. The molecule has 1 unspecified atom stereocenters. The Morgan fingerprint density at radius 3 is 2.23 bits per heavy atom. The quantitative estimate of drug-likeness (QED) is 0.570. The number of methoxy groups -OCH3 is 3. The third-order valence-corrected chi connectivity index (χ3v) is 6.62. The summed E-state index contributed by atoms with van der Waals surface area (Å²) in [5.41, 5.74) is 7.82. The SMILES string of the molecule is COc1ccc(C[C@H]2COC(=O)[C@@H]2Cc2ccc(OC(=O)N3CCC(N)C3)c(OC)c2)cc1OC. The number of esters is 1. The van der Waals surface area contributed by atoms with Crippen molar-refractivity contribution in [1.29, 1.82) is 0 Å². The number of likely N-dealkylation sites (tertiary alicyclic amines) is 1. The topological polar surface area (TPSA) is 110 Å². The average molecular weight is 485 g/mol. The second-order valence-electron chi connectivity index (χ2n) is 8.94. The molecular formula is C26H32N2O7. The Labute approximate surface area is 205 Å². The van der Waals surface area contributed by atoms with Crippen LogP contribution in [0.5, 0.6) is 23.0 Å². The molecule has 0 radical (unpaired) electrons. The van der Waals surface area contributed by atoms with Crippen molar-refractivity contribution < 1.29 is 33.3 Å². The predicted octanol–water partition coefficient (Wildman–Crippen LogP) is 2.82. The van der Waals surface area contributed by atoms with Crippen molar-refractivity contribution in [3.05, 3.63) is 47.5 Å². The smallest absolute Gasteiger partial charge is 0.415 e. The summed E-state index contributed by atoms with van der Waals surface area (Å²) >= 11 is 0. The molecule has 0 saturated carbocycles. The number of rotatable bonds is 8. The van der Waals surface area contributed by atoms with Gasteiger partial charge in [0.15, 0.2) is 23.0 Å². The van der Waals surface area contributed by atoms with Crippen molar-refractivity contribution in [1.82, 2.24) is 4.90 Å². The van der Waals surface area contributed by atoms with Crippen LogP contribution in [-0.2, 0) is 22.4 Å². The van der Waals surface area contributed by atoms with Gasteiger partial charge in [-0.15, -0.1) is 0 Å². The minimum Gasteiger partial charge on any atom is -0.493 e. The van der Waals surface area contributed by atoms with E-state index in [0.717, 1.165) is 17.5 Å². The number of amides is 1. The van der Waals surface area contributed by atoms with Crippen LogP contribution in [0.1, 0.15) is 17.5 Å². The van der Waals surface area contributed by atoms with Crippen molar-refractivity contribution in [3.8, 4) is 23.0 Å². The van der Waals surface area contributed by atoms with Gasteiger partial charge in [0.1, 0.15) is 0 Å². The number of hydrogen-bond donors (Lipinski definition) is 1. The molecule has 2 fully saturated rings. The zero-order valence-electron chi connectivity index (χ0n) is 20.3. The fourth-order valence-electron chi connectivity index (χ4n) is 4.66. The molecule has 0 spiro atoms. The highest BCUT2D eigenvalue weighted by molar-refractivity contribution is 5.75. The van der Waals surface area contributed by atoms with Gasteiger partial charge in [0, 0.05) is 25.0 Å².